The van der Waals surface area contributed by atoms with E-state index in [2.05, 4.69) is 10.1 Å². The molecule has 8 nitrogen and oxygen atoms in total. The number of ether oxygens (including phenoxy) is 1. The molecule has 0 atom stereocenters. The quantitative estimate of drug-likeness (QED) is 0.479. The highest BCUT2D eigenvalue weighted by atomic mass is 19.1. The molecule has 2 aromatic rings. The molecule has 28 heavy (non-hydrogen) atoms. The lowest BCUT2D eigenvalue weighted by atomic mass is 9.98. The SMILES string of the molecule is COC(=O)CNC(=O)c1ccc(N2CCc3cc(F)ccc3C2)c([N+](=O)[O-])c1. The molecule has 0 aliphatic carbocycles. The van der Waals surface area contributed by atoms with Gasteiger partial charge in [0.2, 0.25) is 0 Å². The summed E-state index contributed by atoms with van der Waals surface area (Å²) in [5, 5.41) is 13.9. The van der Waals surface area contributed by atoms with Crippen molar-refractivity contribution in [2.75, 3.05) is 25.1 Å². The topological polar surface area (TPSA) is 102 Å². The third-order valence-corrected chi connectivity index (χ3v) is 4.58. The zero-order valence-corrected chi connectivity index (χ0v) is 15.1. The summed E-state index contributed by atoms with van der Waals surface area (Å²) in [7, 11) is 1.19. The number of benzene rings is 2. The van der Waals surface area contributed by atoms with Crippen molar-refractivity contribution in [3.63, 3.8) is 0 Å². The van der Waals surface area contributed by atoms with Crippen LogP contribution in [0, 0.1) is 15.9 Å². The van der Waals surface area contributed by atoms with Crippen molar-refractivity contribution in [2.24, 2.45) is 0 Å². The molecule has 0 spiro atoms. The Hall–Kier alpha value is -3.49. The van der Waals surface area contributed by atoms with Crippen LogP contribution in [0.15, 0.2) is 36.4 Å². The lowest BCUT2D eigenvalue weighted by molar-refractivity contribution is -0.384. The van der Waals surface area contributed by atoms with Gasteiger partial charge >= 0.3 is 5.97 Å². The molecule has 9 heteroatoms. The number of carbonyl (C=O) groups excluding carboxylic acids is 2. The van der Waals surface area contributed by atoms with E-state index in [9.17, 15) is 24.1 Å². The number of nitrogens with zero attached hydrogens (tertiary/aromatic N) is 2. The third-order valence-electron chi connectivity index (χ3n) is 4.58. The molecule has 0 saturated heterocycles. The van der Waals surface area contributed by atoms with Crippen molar-refractivity contribution < 1.29 is 23.6 Å². The maximum atomic E-state index is 13.4. The summed E-state index contributed by atoms with van der Waals surface area (Å²) in [5.41, 5.74) is 2.03. The third kappa shape index (κ3) is 4.08. The molecule has 1 aliphatic rings. The van der Waals surface area contributed by atoms with E-state index in [0.717, 1.165) is 11.1 Å². The van der Waals surface area contributed by atoms with Gasteiger partial charge in [-0.15, -0.1) is 0 Å². The first-order valence-corrected chi connectivity index (χ1v) is 8.54. The van der Waals surface area contributed by atoms with Gasteiger partial charge in [-0.2, -0.15) is 0 Å². The summed E-state index contributed by atoms with van der Waals surface area (Å²) in [5.74, 6) is -1.54. The average Bonchev–Trinajstić information content (AvgIpc) is 2.70. The second-order valence-electron chi connectivity index (χ2n) is 6.30. The van der Waals surface area contributed by atoms with Crippen LogP contribution in [0.3, 0.4) is 0 Å². The minimum atomic E-state index is -0.622. The van der Waals surface area contributed by atoms with Gasteiger partial charge in [-0.1, -0.05) is 6.07 Å². The molecule has 0 saturated carbocycles. The summed E-state index contributed by atoms with van der Waals surface area (Å²) in [4.78, 5) is 36.1. The van der Waals surface area contributed by atoms with Gasteiger partial charge in [-0.05, 0) is 41.8 Å². The van der Waals surface area contributed by atoms with Gasteiger partial charge < -0.3 is 15.0 Å². The number of amides is 1. The van der Waals surface area contributed by atoms with Crippen LogP contribution in [0.25, 0.3) is 0 Å². The van der Waals surface area contributed by atoms with E-state index >= 15 is 0 Å². The summed E-state index contributed by atoms with van der Waals surface area (Å²) < 4.78 is 17.8. The van der Waals surface area contributed by atoms with Crippen LogP contribution >= 0.6 is 0 Å². The van der Waals surface area contributed by atoms with Gasteiger partial charge in [-0.25, -0.2) is 4.39 Å². The fourth-order valence-electron chi connectivity index (χ4n) is 3.13. The molecule has 0 unspecified atom stereocenters. The van der Waals surface area contributed by atoms with Crippen LogP contribution in [0.1, 0.15) is 21.5 Å². The molecule has 0 fully saturated rings. The van der Waals surface area contributed by atoms with Gasteiger partial charge in [0.25, 0.3) is 11.6 Å². The van der Waals surface area contributed by atoms with E-state index in [1.165, 1.54) is 37.4 Å². The Morgan fingerprint density at radius 2 is 2.04 bits per heavy atom. The number of fused-ring (bicyclic) bond motifs is 1. The van der Waals surface area contributed by atoms with E-state index < -0.39 is 16.8 Å². The van der Waals surface area contributed by atoms with Gasteiger partial charge in [0.1, 0.15) is 18.0 Å². The smallest absolute Gasteiger partial charge is 0.325 e. The van der Waals surface area contributed by atoms with Crippen molar-refractivity contribution in [3.05, 3.63) is 69.0 Å². The summed E-state index contributed by atoms with van der Waals surface area (Å²) in [6.45, 7) is 0.569. The van der Waals surface area contributed by atoms with Crippen LogP contribution in [0.5, 0.6) is 0 Å². The number of carbonyl (C=O) groups is 2. The average molecular weight is 387 g/mol. The molecular weight excluding hydrogens is 369 g/mol. The number of hydrogen-bond donors (Lipinski definition) is 1. The number of hydrogen-bond acceptors (Lipinski definition) is 6. The Morgan fingerprint density at radius 3 is 2.75 bits per heavy atom. The van der Waals surface area contributed by atoms with Gasteiger partial charge in [0.15, 0.2) is 0 Å². The highest BCUT2D eigenvalue weighted by molar-refractivity contribution is 5.97. The van der Waals surface area contributed by atoms with E-state index in [4.69, 9.17) is 0 Å². The molecule has 0 radical (unpaired) electrons. The Morgan fingerprint density at radius 1 is 1.25 bits per heavy atom. The van der Waals surface area contributed by atoms with Crippen molar-refractivity contribution in [1.29, 1.82) is 0 Å². The number of nitro groups is 1. The predicted octanol–water partition coefficient (Wildman–Crippen LogP) is 2.20. The minimum absolute atomic E-state index is 0.0684. The van der Waals surface area contributed by atoms with Gasteiger partial charge in [-0.3, -0.25) is 19.7 Å². The monoisotopic (exact) mass is 387 g/mol. The molecule has 3 rings (SSSR count). The highest BCUT2D eigenvalue weighted by Gasteiger charge is 2.25. The molecule has 0 bridgehead atoms. The van der Waals surface area contributed by atoms with E-state index in [0.29, 0.717) is 25.2 Å². The van der Waals surface area contributed by atoms with Gasteiger partial charge in [0.05, 0.1) is 12.0 Å². The number of esters is 1. The zero-order valence-electron chi connectivity index (χ0n) is 15.1. The van der Waals surface area contributed by atoms with Crippen molar-refractivity contribution >= 4 is 23.3 Å². The maximum Gasteiger partial charge on any atom is 0.325 e. The summed E-state index contributed by atoms with van der Waals surface area (Å²) >= 11 is 0. The number of nitrogens with one attached hydrogen (secondary N) is 1. The molecule has 2 aromatic carbocycles. The van der Waals surface area contributed by atoms with E-state index in [1.807, 2.05) is 4.90 Å². The summed E-state index contributed by atoms with van der Waals surface area (Å²) in [6, 6.07) is 8.69. The molecule has 1 heterocycles. The molecule has 0 aromatic heterocycles. The van der Waals surface area contributed by atoms with E-state index in [1.54, 1.807) is 6.07 Å². The Labute approximate surface area is 160 Å². The molecular formula is C19H18FN3O5. The standard InChI is InChI=1S/C19H18FN3O5/c1-28-18(24)10-21-19(25)13-3-5-16(17(9-13)23(26)27)22-7-6-12-8-15(20)4-2-14(12)11-22/h2-5,8-9H,6-7,10-11H2,1H3,(H,21,25). The van der Waals surface area contributed by atoms with Crippen molar-refractivity contribution in [1.82, 2.24) is 5.32 Å². The molecule has 1 N–H and O–H groups in total. The molecule has 146 valence electrons. The van der Waals surface area contributed by atoms with Crippen LogP contribution in [-0.4, -0.2) is 37.0 Å². The first kappa shape index (κ1) is 19.3. The Kier molecular flexibility index (Phi) is 5.53. The number of nitro benzene ring substituents is 1. The fourth-order valence-corrected chi connectivity index (χ4v) is 3.13. The van der Waals surface area contributed by atoms with Gasteiger partial charge in [0, 0.05) is 24.7 Å². The van der Waals surface area contributed by atoms with Crippen molar-refractivity contribution in [2.45, 2.75) is 13.0 Å². The molecule has 1 aliphatic heterocycles. The molecule has 1 amide bonds. The van der Waals surface area contributed by atoms with Crippen LogP contribution < -0.4 is 10.2 Å². The zero-order chi connectivity index (χ0) is 20.3. The van der Waals surface area contributed by atoms with Crippen LogP contribution in [-0.2, 0) is 22.5 Å². The first-order chi connectivity index (χ1) is 13.4. The number of anilines is 1. The largest absolute Gasteiger partial charge is 0.468 e. The van der Waals surface area contributed by atoms with Crippen molar-refractivity contribution in [3.8, 4) is 0 Å². The number of methoxy groups -OCH3 is 1. The Balaban J connectivity index is 1.84. The second-order valence-corrected chi connectivity index (χ2v) is 6.30. The number of halogens is 1. The minimum Gasteiger partial charge on any atom is -0.468 e. The second kappa shape index (κ2) is 8.03. The first-order valence-electron chi connectivity index (χ1n) is 8.54. The number of rotatable bonds is 5. The fraction of sp³-hybridized carbons (Fsp3) is 0.263. The van der Waals surface area contributed by atoms with Crippen LogP contribution in [0.4, 0.5) is 15.8 Å². The van der Waals surface area contributed by atoms with E-state index in [-0.39, 0.29) is 23.6 Å². The van der Waals surface area contributed by atoms with Crippen LogP contribution in [0.2, 0.25) is 0 Å². The maximum absolute atomic E-state index is 13.4. The normalized spacial score (nSPS) is 12.9. The lowest BCUT2D eigenvalue weighted by Crippen LogP contribution is -2.32. The highest BCUT2D eigenvalue weighted by Crippen LogP contribution is 2.33. The summed E-state index contributed by atoms with van der Waals surface area (Å²) in [6.07, 6.45) is 0.561. The Bertz CT molecular complexity index is 947. The predicted molar refractivity (Wildman–Crippen MR) is 98.6 cm³/mol. The lowest BCUT2D eigenvalue weighted by Gasteiger charge is -2.30.